The van der Waals surface area contributed by atoms with Gasteiger partial charge in [0.05, 0.1) is 19.8 Å². The summed E-state index contributed by atoms with van der Waals surface area (Å²) >= 11 is 0. The quantitative estimate of drug-likeness (QED) is 0.721. The van der Waals surface area contributed by atoms with Gasteiger partial charge in [-0.3, -0.25) is 9.69 Å². The molecule has 5 nitrogen and oxygen atoms in total. The van der Waals surface area contributed by atoms with E-state index in [1.807, 2.05) is 29.2 Å². The maximum absolute atomic E-state index is 12.1. The molecule has 0 aliphatic rings. The first-order chi connectivity index (χ1) is 10.6. The highest BCUT2D eigenvalue weighted by atomic mass is 16.5. The van der Waals surface area contributed by atoms with Crippen LogP contribution in [-0.4, -0.2) is 57.9 Å². The topological polar surface area (TPSA) is 50.8 Å². The van der Waals surface area contributed by atoms with Crippen molar-refractivity contribution in [2.75, 3.05) is 52.4 Å². The highest BCUT2D eigenvalue weighted by Crippen LogP contribution is 2.17. The molecule has 0 heterocycles. The normalized spacial score (nSPS) is 11.2. The van der Waals surface area contributed by atoms with Crippen molar-refractivity contribution in [1.82, 2.24) is 4.90 Å². The molecule has 1 amide bonds. The molecule has 0 unspecified atom stereocenters. The van der Waals surface area contributed by atoms with Gasteiger partial charge in [0.1, 0.15) is 0 Å². The molecule has 1 N–H and O–H groups in total. The van der Waals surface area contributed by atoms with Crippen molar-refractivity contribution in [3.05, 3.63) is 29.8 Å². The van der Waals surface area contributed by atoms with E-state index in [4.69, 9.17) is 9.47 Å². The minimum Gasteiger partial charge on any atom is -0.383 e. The van der Waals surface area contributed by atoms with Crippen LogP contribution in [0.15, 0.2) is 24.3 Å². The van der Waals surface area contributed by atoms with Crippen molar-refractivity contribution in [1.29, 1.82) is 0 Å². The van der Waals surface area contributed by atoms with Gasteiger partial charge >= 0.3 is 0 Å². The van der Waals surface area contributed by atoms with Gasteiger partial charge in [0.15, 0.2) is 0 Å². The third-order valence-corrected chi connectivity index (χ3v) is 3.45. The second-order valence-corrected chi connectivity index (χ2v) is 5.59. The number of carbonyl (C=O) groups is 1. The number of ether oxygens (including phenoxy) is 2. The van der Waals surface area contributed by atoms with E-state index < -0.39 is 0 Å². The van der Waals surface area contributed by atoms with Gasteiger partial charge in [-0.25, -0.2) is 0 Å². The summed E-state index contributed by atoms with van der Waals surface area (Å²) in [5.74, 6) is 0.466. The molecule has 0 fully saturated rings. The summed E-state index contributed by atoms with van der Waals surface area (Å²) in [7, 11) is 3.32. The molecule has 1 aromatic rings. The number of rotatable bonds is 10. The Labute approximate surface area is 133 Å². The number of nitrogens with one attached hydrogen (secondary N) is 1. The zero-order chi connectivity index (χ0) is 16.4. The van der Waals surface area contributed by atoms with Crippen LogP contribution in [-0.2, 0) is 14.3 Å². The zero-order valence-electron chi connectivity index (χ0n) is 14.1. The molecule has 1 aromatic carbocycles. The van der Waals surface area contributed by atoms with Crippen molar-refractivity contribution in [2.24, 2.45) is 0 Å². The molecule has 5 heteroatoms. The molecule has 0 saturated carbocycles. The molecule has 0 aliphatic heterocycles. The minimum absolute atomic E-state index is 0.0236. The van der Waals surface area contributed by atoms with E-state index in [2.05, 4.69) is 19.2 Å². The maximum atomic E-state index is 12.1. The van der Waals surface area contributed by atoms with Crippen molar-refractivity contribution in [3.63, 3.8) is 0 Å². The highest BCUT2D eigenvalue weighted by Gasteiger charge is 2.11. The van der Waals surface area contributed by atoms with Gasteiger partial charge in [0.2, 0.25) is 5.91 Å². The zero-order valence-corrected chi connectivity index (χ0v) is 14.1. The van der Waals surface area contributed by atoms with E-state index in [0.717, 1.165) is 5.69 Å². The molecule has 0 aromatic heterocycles. The van der Waals surface area contributed by atoms with Gasteiger partial charge in [0.25, 0.3) is 0 Å². The van der Waals surface area contributed by atoms with Crippen molar-refractivity contribution in [3.8, 4) is 0 Å². The van der Waals surface area contributed by atoms with Crippen molar-refractivity contribution < 1.29 is 14.3 Å². The summed E-state index contributed by atoms with van der Waals surface area (Å²) in [6.07, 6.45) is 0. The Bertz CT molecular complexity index is 424. The summed E-state index contributed by atoms with van der Waals surface area (Å²) < 4.78 is 10.1. The molecule has 0 bridgehead atoms. The van der Waals surface area contributed by atoms with E-state index in [9.17, 15) is 4.79 Å². The van der Waals surface area contributed by atoms with Gasteiger partial charge in [-0.1, -0.05) is 26.0 Å². The monoisotopic (exact) mass is 308 g/mol. The smallest absolute Gasteiger partial charge is 0.238 e. The summed E-state index contributed by atoms with van der Waals surface area (Å²) in [6.45, 7) is 7.24. The number of anilines is 1. The SMILES string of the molecule is COCCN(CCOC)CC(=O)Nc1ccc(C(C)C)cc1. The molecule has 0 radical (unpaired) electrons. The fourth-order valence-corrected chi connectivity index (χ4v) is 2.07. The predicted molar refractivity (Wildman–Crippen MR) is 89.4 cm³/mol. The number of benzene rings is 1. The lowest BCUT2D eigenvalue weighted by Crippen LogP contribution is -2.37. The molecular formula is C17H28N2O3. The van der Waals surface area contributed by atoms with Crippen LogP contribution in [0, 0.1) is 0 Å². The van der Waals surface area contributed by atoms with E-state index in [-0.39, 0.29) is 5.91 Å². The molecular weight excluding hydrogens is 280 g/mol. The Kier molecular flexibility index (Phi) is 8.74. The van der Waals surface area contributed by atoms with E-state index >= 15 is 0 Å². The van der Waals surface area contributed by atoms with Gasteiger partial charge in [-0.15, -0.1) is 0 Å². The lowest BCUT2D eigenvalue weighted by Gasteiger charge is -2.21. The van der Waals surface area contributed by atoms with Crippen molar-refractivity contribution >= 4 is 11.6 Å². The number of hydrogen-bond acceptors (Lipinski definition) is 4. The fourth-order valence-electron chi connectivity index (χ4n) is 2.07. The number of nitrogens with zero attached hydrogens (tertiary/aromatic N) is 1. The Hall–Kier alpha value is -1.43. The predicted octanol–water partition coefficient (Wildman–Crippen LogP) is 2.34. The van der Waals surface area contributed by atoms with Crippen LogP contribution in [0.5, 0.6) is 0 Å². The molecule has 22 heavy (non-hydrogen) atoms. The number of carbonyl (C=O) groups excluding carboxylic acids is 1. The highest BCUT2D eigenvalue weighted by molar-refractivity contribution is 5.92. The van der Waals surface area contributed by atoms with Gasteiger partial charge in [-0.05, 0) is 23.6 Å². The Morgan fingerprint density at radius 2 is 1.64 bits per heavy atom. The Morgan fingerprint density at radius 3 is 2.09 bits per heavy atom. The number of amides is 1. The van der Waals surface area contributed by atoms with Crippen LogP contribution in [0.25, 0.3) is 0 Å². The summed E-state index contributed by atoms with van der Waals surface area (Å²) in [6, 6.07) is 7.99. The Morgan fingerprint density at radius 1 is 1.09 bits per heavy atom. The molecule has 0 saturated heterocycles. The average molecular weight is 308 g/mol. The third-order valence-electron chi connectivity index (χ3n) is 3.45. The van der Waals surface area contributed by atoms with Crippen LogP contribution in [0.2, 0.25) is 0 Å². The average Bonchev–Trinajstić information content (AvgIpc) is 2.50. The van der Waals surface area contributed by atoms with Crippen LogP contribution in [0.1, 0.15) is 25.3 Å². The maximum Gasteiger partial charge on any atom is 0.238 e. The molecule has 0 spiro atoms. The largest absolute Gasteiger partial charge is 0.383 e. The summed E-state index contributed by atoms with van der Waals surface area (Å²) in [5.41, 5.74) is 2.09. The van der Waals surface area contributed by atoms with Gasteiger partial charge in [0, 0.05) is 33.0 Å². The van der Waals surface area contributed by atoms with Crippen LogP contribution >= 0.6 is 0 Å². The molecule has 0 atom stereocenters. The van der Waals surface area contributed by atoms with Crippen molar-refractivity contribution in [2.45, 2.75) is 19.8 Å². The van der Waals surface area contributed by atoms with E-state index in [1.54, 1.807) is 14.2 Å². The van der Waals surface area contributed by atoms with E-state index in [0.29, 0.717) is 38.8 Å². The number of hydrogen-bond donors (Lipinski definition) is 1. The standard InChI is InChI=1S/C17H28N2O3/c1-14(2)15-5-7-16(8-6-15)18-17(20)13-19(9-11-21-3)10-12-22-4/h5-8,14H,9-13H2,1-4H3,(H,18,20). The molecule has 1 rings (SSSR count). The second-order valence-electron chi connectivity index (χ2n) is 5.59. The minimum atomic E-state index is -0.0236. The van der Waals surface area contributed by atoms with Gasteiger partial charge < -0.3 is 14.8 Å². The second kappa shape index (κ2) is 10.3. The first-order valence-corrected chi connectivity index (χ1v) is 7.66. The first-order valence-electron chi connectivity index (χ1n) is 7.66. The summed E-state index contributed by atoms with van der Waals surface area (Å²) in [5, 5.41) is 2.93. The van der Waals surface area contributed by atoms with Crippen LogP contribution in [0.3, 0.4) is 0 Å². The van der Waals surface area contributed by atoms with E-state index in [1.165, 1.54) is 5.56 Å². The number of methoxy groups -OCH3 is 2. The lowest BCUT2D eigenvalue weighted by atomic mass is 10.0. The molecule has 0 aliphatic carbocycles. The van der Waals surface area contributed by atoms with Crippen LogP contribution in [0.4, 0.5) is 5.69 Å². The first kappa shape index (κ1) is 18.6. The fraction of sp³-hybridized carbons (Fsp3) is 0.588. The summed E-state index contributed by atoms with van der Waals surface area (Å²) in [4.78, 5) is 14.2. The molecule has 124 valence electrons. The van der Waals surface area contributed by atoms with Crippen LogP contribution < -0.4 is 5.32 Å². The van der Waals surface area contributed by atoms with Gasteiger partial charge in [-0.2, -0.15) is 0 Å². The lowest BCUT2D eigenvalue weighted by molar-refractivity contribution is -0.117. The Balaban J connectivity index is 2.50. The third kappa shape index (κ3) is 7.02.